The molecule has 0 saturated heterocycles. The zero-order chi connectivity index (χ0) is 27.9. The second-order valence-electron chi connectivity index (χ2n) is 11.1. The van der Waals surface area contributed by atoms with Gasteiger partial charge in [-0.1, -0.05) is 154 Å². The summed E-state index contributed by atoms with van der Waals surface area (Å²) in [5.41, 5.74) is 0. The predicted molar refractivity (Wildman–Crippen MR) is 163 cm³/mol. The van der Waals surface area contributed by atoms with Crippen molar-refractivity contribution in [1.29, 1.82) is 0 Å². The van der Waals surface area contributed by atoms with E-state index >= 15 is 0 Å². The molecule has 0 bridgehead atoms. The van der Waals surface area contributed by atoms with Crippen molar-refractivity contribution in [3.63, 3.8) is 0 Å². The maximum absolute atomic E-state index is 11.6. The van der Waals surface area contributed by atoms with Crippen molar-refractivity contribution >= 4 is 11.9 Å². The molecule has 0 spiro atoms. The largest absolute Gasteiger partial charge is 0.481 e. The van der Waals surface area contributed by atoms with Crippen LogP contribution in [0.15, 0.2) is 24.8 Å². The number of unbranched alkanes of at least 4 members (excludes halogenated alkanes) is 21. The highest BCUT2D eigenvalue weighted by Gasteiger charge is 2.21. The number of ether oxygens (including phenoxy) is 1. The van der Waals surface area contributed by atoms with Crippen molar-refractivity contribution < 1.29 is 19.4 Å². The summed E-state index contributed by atoms with van der Waals surface area (Å²) in [7, 11) is 0. The highest BCUT2D eigenvalue weighted by molar-refractivity contribution is 5.78. The summed E-state index contributed by atoms with van der Waals surface area (Å²) in [4.78, 5) is 23.0. The van der Waals surface area contributed by atoms with Crippen LogP contribution in [0.4, 0.5) is 0 Å². The molecule has 0 amide bonds. The van der Waals surface area contributed by atoms with E-state index in [1.807, 2.05) is 0 Å². The molecule has 4 nitrogen and oxygen atoms in total. The summed E-state index contributed by atoms with van der Waals surface area (Å²) < 4.78 is 4.90. The molecule has 4 heteroatoms. The van der Waals surface area contributed by atoms with Gasteiger partial charge in [-0.25, -0.2) is 0 Å². The summed E-state index contributed by atoms with van der Waals surface area (Å²) in [5.74, 6) is -2.02. The van der Waals surface area contributed by atoms with Crippen molar-refractivity contribution in [2.24, 2.45) is 5.92 Å². The first-order valence-corrected chi connectivity index (χ1v) is 16.3. The lowest BCUT2D eigenvalue weighted by atomic mass is 9.97. The van der Waals surface area contributed by atoms with E-state index in [1.54, 1.807) is 0 Å². The molecular formula is C34H62O4. The smallest absolute Gasteiger partial charge is 0.307 e. The van der Waals surface area contributed by atoms with Gasteiger partial charge in [0.25, 0.3) is 0 Å². The molecule has 0 saturated carbocycles. The Hall–Kier alpha value is -1.58. The third kappa shape index (κ3) is 27.5. The van der Waals surface area contributed by atoms with E-state index in [-0.39, 0.29) is 13.0 Å². The van der Waals surface area contributed by atoms with Crippen molar-refractivity contribution in [2.45, 2.75) is 167 Å². The monoisotopic (exact) mass is 534 g/mol. The zero-order valence-corrected chi connectivity index (χ0v) is 25.1. The van der Waals surface area contributed by atoms with Crippen LogP contribution < -0.4 is 0 Å². The van der Waals surface area contributed by atoms with Crippen LogP contribution >= 0.6 is 0 Å². The number of rotatable bonds is 30. The Balaban J connectivity index is 3.36. The number of carbonyl (C=O) groups is 2. The van der Waals surface area contributed by atoms with Gasteiger partial charge in [0.05, 0.1) is 12.3 Å². The number of allylic oxidation sites excluding steroid dienone is 2. The minimum atomic E-state index is -0.912. The van der Waals surface area contributed by atoms with Crippen LogP contribution in [0.2, 0.25) is 0 Å². The van der Waals surface area contributed by atoms with Crippen LogP contribution in [0.1, 0.15) is 167 Å². The topological polar surface area (TPSA) is 63.6 Å². The SMILES string of the molecule is C=CCOC(=O)CC(CCCCC/C=C/CCCCCCCCCCCCCCCCCCCC)C(=O)O. The number of carboxylic acid groups (broad SMARTS) is 1. The average molecular weight is 535 g/mol. The molecule has 0 aromatic carbocycles. The van der Waals surface area contributed by atoms with Crippen LogP contribution in [0, 0.1) is 5.92 Å². The molecule has 0 aliphatic rings. The van der Waals surface area contributed by atoms with Gasteiger partial charge in [-0.2, -0.15) is 0 Å². The molecule has 38 heavy (non-hydrogen) atoms. The van der Waals surface area contributed by atoms with Crippen LogP contribution in [-0.2, 0) is 14.3 Å². The van der Waals surface area contributed by atoms with Crippen molar-refractivity contribution in [3.8, 4) is 0 Å². The number of carboxylic acids is 1. The number of esters is 1. The van der Waals surface area contributed by atoms with Crippen LogP contribution in [-0.4, -0.2) is 23.7 Å². The summed E-state index contributed by atoms with van der Waals surface area (Å²) in [6.45, 7) is 5.91. The van der Waals surface area contributed by atoms with E-state index in [1.165, 1.54) is 128 Å². The quantitative estimate of drug-likeness (QED) is 0.0565. The zero-order valence-electron chi connectivity index (χ0n) is 25.1. The second-order valence-corrected chi connectivity index (χ2v) is 11.1. The van der Waals surface area contributed by atoms with Crippen molar-refractivity contribution in [1.82, 2.24) is 0 Å². The summed E-state index contributed by atoms with van der Waals surface area (Å²) >= 11 is 0. The standard InChI is InChI=1S/C34H62O4/c1-3-5-6-7-8-9-10-11-12-13-14-15-16-17-18-19-20-21-22-23-24-25-26-27-28-29-32(34(36)37)31-33(35)38-30-4-2/h4,23-24,32H,2-3,5-22,25-31H2,1H3,(H,36,37)/b24-23+. The molecule has 222 valence electrons. The molecule has 0 aromatic heterocycles. The fourth-order valence-electron chi connectivity index (χ4n) is 4.95. The normalized spacial score (nSPS) is 12.1. The molecule has 1 N–H and O–H groups in total. The lowest BCUT2D eigenvalue weighted by Crippen LogP contribution is -2.19. The predicted octanol–water partition coefficient (Wildman–Crippen LogP) is 10.7. The highest BCUT2D eigenvalue weighted by Crippen LogP contribution is 2.17. The van der Waals surface area contributed by atoms with Crippen LogP contribution in [0.3, 0.4) is 0 Å². The Morgan fingerprint density at radius 1 is 0.658 bits per heavy atom. The molecule has 1 atom stereocenters. The fourth-order valence-corrected chi connectivity index (χ4v) is 4.95. The molecule has 0 fully saturated rings. The third-order valence-electron chi connectivity index (χ3n) is 7.44. The van der Waals surface area contributed by atoms with E-state index in [4.69, 9.17) is 4.74 Å². The molecule has 0 heterocycles. The second kappa shape index (κ2) is 30.0. The van der Waals surface area contributed by atoms with Crippen LogP contribution in [0.5, 0.6) is 0 Å². The molecule has 0 aromatic rings. The Labute approximate surface area is 236 Å². The number of carbonyl (C=O) groups excluding carboxylic acids is 1. The third-order valence-corrected chi connectivity index (χ3v) is 7.44. The summed E-state index contributed by atoms with van der Waals surface area (Å²) in [6, 6.07) is 0. The van der Waals surface area contributed by atoms with Gasteiger partial charge >= 0.3 is 11.9 Å². The van der Waals surface area contributed by atoms with E-state index in [9.17, 15) is 14.7 Å². The molecule has 0 aliphatic carbocycles. The van der Waals surface area contributed by atoms with E-state index < -0.39 is 17.9 Å². The first-order valence-electron chi connectivity index (χ1n) is 16.3. The number of aliphatic carboxylic acids is 1. The lowest BCUT2D eigenvalue weighted by Gasteiger charge is -2.11. The van der Waals surface area contributed by atoms with E-state index in [0.29, 0.717) is 6.42 Å². The average Bonchev–Trinajstić information content (AvgIpc) is 2.91. The van der Waals surface area contributed by atoms with Gasteiger partial charge in [-0.05, 0) is 32.1 Å². The van der Waals surface area contributed by atoms with Crippen molar-refractivity contribution in [3.05, 3.63) is 24.8 Å². The van der Waals surface area contributed by atoms with Crippen LogP contribution in [0.25, 0.3) is 0 Å². The summed E-state index contributed by atoms with van der Waals surface area (Å²) in [5, 5.41) is 9.30. The van der Waals surface area contributed by atoms with Gasteiger partial charge < -0.3 is 9.84 Å². The number of hydrogen-bond donors (Lipinski definition) is 1. The molecule has 0 rings (SSSR count). The lowest BCUT2D eigenvalue weighted by molar-refractivity contribution is -0.151. The van der Waals surface area contributed by atoms with Crippen molar-refractivity contribution in [2.75, 3.05) is 6.61 Å². The first-order chi connectivity index (χ1) is 18.6. The van der Waals surface area contributed by atoms with E-state index in [2.05, 4.69) is 25.7 Å². The van der Waals surface area contributed by atoms with Gasteiger partial charge in [0.2, 0.25) is 0 Å². The van der Waals surface area contributed by atoms with Gasteiger partial charge in [-0.3, -0.25) is 9.59 Å². The minimum absolute atomic E-state index is 0.0531. The molecule has 1 unspecified atom stereocenters. The maximum atomic E-state index is 11.6. The molecule has 0 aliphatic heterocycles. The van der Waals surface area contributed by atoms with Gasteiger partial charge in [0, 0.05) is 0 Å². The summed E-state index contributed by atoms with van der Waals surface area (Å²) in [6.07, 6.45) is 37.1. The van der Waals surface area contributed by atoms with Gasteiger partial charge in [0.15, 0.2) is 0 Å². The molecule has 0 radical (unpaired) electrons. The van der Waals surface area contributed by atoms with Gasteiger partial charge in [-0.15, -0.1) is 0 Å². The number of hydrogen-bond acceptors (Lipinski definition) is 3. The Bertz CT molecular complexity index is 569. The highest BCUT2D eigenvalue weighted by atomic mass is 16.5. The van der Waals surface area contributed by atoms with Gasteiger partial charge in [0.1, 0.15) is 6.61 Å². The fraction of sp³-hybridized carbons (Fsp3) is 0.824. The Morgan fingerprint density at radius 3 is 1.45 bits per heavy atom. The molecular weight excluding hydrogens is 472 g/mol. The van der Waals surface area contributed by atoms with E-state index in [0.717, 1.165) is 25.7 Å². The Morgan fingerprint density at radius 2 is 1.05 bits per heavy atom. The maximum Gasteiger partial charge on any atom is 0.307 e. The minimum Gasteiger partial charge on any atom is -0.481 e. The first kappa shape index (κ1) is 36.4. The Kier molecular flexibility index (Phi) is 28.7.